The summed E-state index contributed by atoms with van der Waals surface area (Å²) in [7, 11) is -0.352. The van der Waals surface area contributed by atoms with Crippen LogP contribution in [0.4, 0.5) is 5.82 Å². The van der Waals surface area contributed by atoms with Crippen LogP contribution in [0.2, 0.25) is 0 Å². The number of aromatic nitrogens is 1. The summed E-state index contributed by atoms with van der Waals surface area (Å²) in [6.07, 6.45) is 1.87. The third kappa shape index (κ3) is 2.82. The lowest BCUT2D eigenvalue weighted by atomic mass is 9.89. The fourth-order valence-corrected chi connectivity index (χ4v) is 1.80. The van der Waals surface area contributed by atoms with Crippen LogP contribution in [0.25, 0.3) is 6.08 Å². The van der Waals surface area contributed by atoms with E-state index in [0.29, 0.717) is 5.82 Å². The highest BCUT2D eigenvalue weighted by molar-refractivity contribution is 6.52. The Hall–Kier alpha value is -1.33. The monoisotopic (exact) mass is 260 g/mol. The molecule has 1 aromatic rings. The van der Waals surface area contributed by atoms with E-state index < -0.39 is 0 Å². The molecule has 0 aromatic carbocycles. The first kappa shape index (κ1) is 14.1. The van der Waals surface area contributed by atoms with Crippen LogP contribution in [-0.4, -0.2) is 23.3 Å². The van der Waals surface area contributed by atoms with Crippen LogP contribution in [0.15, 0.2) is 18.1 Å². The SMILES string of the molecule is Cc1ccc(/C=C/B2OC(C)(C)C(C)(C)O2)nc1N. The number of nitrogens with zero attached hydrogens (tertiary/aromatic N) is 1. The van der Waals surface area contributed by atoms with Gasteiger partial charge in [-0.05, 0) is 52.3 Å². The maximum absolute atomic E-state index is 5.87. The Balaban J connectivity index is 2.10. The molecule has 1 aromatic heterocycles. The van der Waals surface area contributed by atoms with Crippen molar-refractivity contribution in [3.05, 3.63) is 29.4 Å². The molecule has 2 N–H and O–H groups in total. The fourth-order valence-electron chi connectivity index (χ4n) is 1.80. The second-order valence-electron chi connectivity index (χ2n) is 5.92. The first-order valence-corrected chi connectivity index (χ1v) is 6.48. The van der Waals surface area contributed by atoms with Crippen LogP contribution in [0.3, 0.4) is 0 Å². The van der Waals surface area contributed by atoms with Gasteiger partial charge in [-0.2, -0.15) is 0 Å². The average Bonchev–Trinajstić information content (AvgIpc) is 2.49. The van der Waals surface area contributed by atoms with E-state index in [1.807, 2.05) is 58.8 Å². The lowest BCUT2D eigenvalue weighted by Crippen LogP contribution is -2.41. The molecule has 1 saturated heterocycles. The molecule has 0 bridgehead atoms. The van der Waals surface area contributed by atoms with Gasteiger partial charge in [-0.25, -0.2) is 4.98 Å². The summed E-state index contributed by atoms with van der Waals surface area (Å²) >= 11 is 0. The van der Waals surface area contributed by atoms with E-state index in [9.17, 15) is 0 Å². The van der Waals surface area contributed by atoms with Crippen molar-refractivity contribution in [1.82, 2.24) is 4.98 Å². The lowest BCUT2D eigenvalue weighted by Gasteiger charge is -2.32. The molecule has 1 aliphatic rings. The van der Waals surface area contributed by atoms with Crippen molar-refractivity contribution in [3.63, 3.8) is 0 Å². The van der Waals surface area contributed by atoms with E-state index in [2.05, 4.69) is 4.98 Å². The molecular weight excluding hydrogens is 239 g/mol. The standard InChI is InChI=1S/C14H21BN2O2/c1-10-6-7-11(17-12(10)16)8-9-15-18-13(2,3)14(4,5)19-15/h6-9H,1-5H3,(H2,16,17)/b9-8+. The van der Waals surface area contributed by atoms with Crippen LogP contribution < -0.4 is 5.73 Å². The Morgan fingerprint density at radius 3 is 2.26 bits per heavy atom. The van der Waals surface area contributed by atoms with Gasteiger partial charge in [0.05, 0.1) is 16.9 Å². The van der Waals surface area contributed by atoms with Crippen LogP contribution in [0, 0.1) is 6.92 Å². The van der Waals surface area contributed by atoms with E-state index in [1.165, 1.54) is 0 Å². The van der Waals surface area contributed by atoms with Crippen LogP contribution in [0.1, 0.15) is 39.0 Å². The van der Waals surface area contributed by atoms with Gasteiger partial charge < -0.3 is 15.0 Å². The number of pyridine rings is 1. The van der Waals surface area contributed by atoms with Crippen molar-refractivity contribution in [2.24, 2.45) is 0 Å². The topological polar surface area (TPSA) is 57.4 Å². The second kappa shape index (κ2) is 4.65. The molecule has 0 atom stereocenters. The highest BCUT2D eigenvalue weighted by Crippen LogP contribution is 2.36. The summed E-state index contributed by atoms with van der Waals surface area (Å²) in [5.74, 6) is 2.42. The minimum atomic E-state index is -0.352. The molecule has 19 heavy (non-hydrogen) atoms. The predicted molar refractivity (Wildman–Crippen MR) is 78.5 cm³/mol. The van der Waals surface area contributed by atoms with E-state index in [1.54, 1.807) is 0 Å². The van der Waals surface area contributed by atoms with E-state index in [0.717, 1.165) is 11.3 Å². The van der Waals surface area contributed by atoms with E-state index in [4.69, 9.17) is 15.0 Å². The van der Waals surface area contributed by atoms with Gasteiger partial charge in [-0.1, -0.05) is 12.0 Å². The zero-order chi connectivity index (χ0) is 14.3. The minimum Gasteiger partial charge on any atom is -0.400 e. The number of rotatable bonds is 2. The number of hydrogen-bond acceptors (Lipinski definition) is 4. The number of anilines is 1. The van der Waals surface area contributed by atoms with Crippen molar-refractivity contribution in [2.45, 2.75) is 45.8 Å². The third-order valence-corrected chi connectivity index (χ3v) is 3.85. The van der Waals surface area contributed by atoms with Gasteiger partial charge in [0.1, 0.15) is 5.82 Å². The molecule has 0 aliphatic carbocycles. The summed E-state index contributed by atoms with van der Waals surface area (Å²) in [5.41, 5.74) is 6.93. The number of aryl methyl sites for hydroxylation is 1. The third-order valence-electron chi connectivity index (χ3n) is 3.85. The molecule has 1 aliphatic heterocycles. The smallest absolute Gasteiger partial charge is 0.400 e. The van der Waals surface area contributed by atoms with Gasteiger partial charge in [0, 0.05) is 0 Å². The molecule has 0 radical (unpaired) electrons. The first-order chi connectivity index (χ1) is 8.71. The van der Waals surface area contributed by atoms with Crippen LogP contribution >= 0.6 is 0 Å². The van der Waals surface area contributed by atoms with E-state index in [-0.39, 0.29) is 18.3 Å². The molecule has 2 rings (SSSR count). The second-order valence-corrected chi connectivity index (χ2v) is 5.92. The molecule has 5 heteroatoms. The maximum atomic E-state index is 5.87. The molecule has 4 nitrogen and oxygen atoms in total. The molecule has 1 fully saturated rings. The summed E-state index contributed by atoms with van der Waals surface area (Å²) in [5, 5.41) is 0. The van der Waals surface area contributed by atoms with Crippen molar-refractivity contribution in [1.29, 1.82) is 0 Å². The van der Waals surface area contributed by atoms with Gasteiger partial charge in [0.25, 0.3) is 0 Å². The van der Waals surface area contributed by atoms with Gasteiger partial charge in [0.15, 0.2) is 0 Å². The predicted octanol–water partition coefficient (Wildman–Crippen LogP) is 2.62. The minimum absolute atomic E-state index is 0.318. The Kier molecular flexibility index (Phi) is 3.45. The number of nitrogens with two attached hydrogens (primary N) is 1. The van der Waals surface area contributed by atoms with Gasteiger partial charge >= 0.3 is 7.12 Å². The van der Waals surface area contributed by atoms with Crippen LogP contribution in [-0.2, 0) is 9.31 Å². The van der Waals surface area contributed by atoms with Crippen molar-refractivity contribution in [2.75, 3.05) is 5.73 Å². The molecule has 102 valence electrons. The highest BCUT2D eigenvalue weighted by Gasteiger charge is 2.49. The zero-order valence-corrected chi connectivity index (χ0v) is 12.2. The summed E-state index contributed by atoms with van der Waals surface area (Å²) < 4.78 is 11.7. The molecule has 2 heterocycles. The summed E-state index contributed by atoms with van der Waals surface area (Å²) in [4.78, 5) is 4.29. The van der Waals surface area contributed by atoms with E-state index >= 15 is 0 Å². The first-order valence-electron chi connectivity index (χ1n) is 6.48. The zero-order valence-electron chi connectivity index (χ0n) is 12.2. The Bertz CT molecular complexity index is 496. The Morgan fingerprint density at radius 1 is 1.16 bits per heavy atom. The molecule has 0 amide bonds. The highest BCUT2D eigenvalue weighted by atomic mass is 16.7. The number of nitrogen functional groups attached to an aromatic ring is 1. The summed E-state index contributed by atoms with van der Waals surface area (Å²) in [6.45, 7) is 10.1. The Labute approximate surface area is 115 Å². The van der Waals surface area contributed by atoms with Gasteiger partial charge in [-0.3, -0.25) is 0 Å². The largest absolute Gasteiger partial charge is 0.487 e. The van der Waals surface area contributed by atoms with Gasteiger partial charge in [-0.15, -0.1) is 0 Å². The lowest BCUT2D eigenvalue weighted by molar-refractivity contribution is 0.00578. The van der Waals surface area contributed by atoms with Crippen molar-refractivity contribution >= 4 is 19.0 Å². The Morgan fingerprint density at radius 2 is 1.74 bits per heavy atom. The molecule has 0 saturated carbocycles. The van der Waals surface area contributed by atoms with Crippen molar-refractivity contribution in [3.8, 4) is 0 Å². The number of hydrogen-bond donors (Lipinski definition) is 1. The van der Waals surface area contributed by atoms with Crippen LogP contribution in [0.5, 0.6) is 0 Å². The average molecular weight is 260 g/mol. The molecule has 0 unspecified atom stereocenters. The fraction of sp³-hybridized carbons (Fsp3) is 0.500. The maximum Gasteiger partial charge on any atom is 0.487 e. The molecular formula is C14H21BN2O2. The van der Waals surface area contributed by atoms with Crippen molar-refractivity contribution < 1.29 is 9.31 Å². The van der Waals surface area contributed by atoms with Gasteiger partial charge in [0.2, 0.25) is 0 Å². The quantitative estimate of drug-likeness (QED) is 0.830. The normalized spacial score (nSPS) is 21.2. The summed E-state index contributed by atoms with van der Waals surface area (Å²) in [6, 6.07) is 3.87. The molecule has 0 spiro atoms.